The number of hydrogen-bond donors (Lipinski definition) is 0. The van der Waals surface area contributed by atoms with Gasteiger partial charge in [-0.3, -0.25) is 0 Å². The lowest BCUT2D eigenvalue weighted by Gasteiger charge is -2.15. The Bertz CT molecular complexity index is 484. The molecular weight excluding hydrogens is 256 g/mol. The maximum absolute atomic E-state index is 5.80. The first-order valence-corrected chi connectivity index (χ1v) is 6.40. The molecule has 0 aliphatic carbocycles. The summed E-state index contributed by atoms with van der Waals surface area (Å²) in [6, 6.07) is 8.01. The van der Waals surface area contributed by atoms with Crippen LogP contribution < -0.4 is 9.64 Å². The third-order valence-electron chi connectivity index (χ3n) is 2.37. The molecule has 0 saturated heterocycles. The Morgan fingerprint density at radius 2 is 2.06 bits per heavy atom. The van der Waals surface area contributed by atoms with Crippen molar-refractivity contribution in [2.75, 3.05) is 19.1 Å². The van der Waals surface area contributed by atoms with Crippen LogP contribution in [0.4, 0.5) is 5.13 Å². The Hall–Kier alpha value is -1.26. The Labute approximate surface area is 110 Å². The molecule has 0 atom stereocenters. The highest BCUT2D eigenvalue weighted by Gasteiger charge is 2.06. The van der Waals surface area contributed by atoms with Gasteiger partial charge in [-0.1, -0.05) is 23.7 Å². The van der Waals surface area contributed by atoms with E-state index >= 15 is 0 Å². The van der Waals surface area contributed by atoms with Gasteiger partial charge in [0.2, 0.25) is 0 Å². The fraction of sp³-hybridized carbons (Fsp3) is 0.250. The first-order valence-electron chi connectivity index (χ1n) is 5.14. The van der Waals surface area contributed by atoms with Crippen molar-refractivity contribution in [2.24, 2.45) is 0 Å². The quantitative estimate of drug-likeness (QED) is 0.849. The Balaban J connectivity index is 2.04. The highest BCUT2D eigenvalue weighted by Crippen LogP contribution is 2.23. The van der Waals surface area contributed by atoms with E-state index in [9.17, 15) is 0 Å². The van der Waals surface area contributed by atoms with E-state index in [4.69, 9.17) is 16.3 Å². The smallest absolute Gasteiger partial charge is 0.186 e. The molecule has 0 aliphatic rings. The Morgan fingerprint density at radius 3 is 2.59 bits per heavy atom. The number of halogens is 1. The van der Waals surface area contributed by atoms with Crippen LogP contribution >= 0.6 is 22.9 Å². The second kappa shape index (κ2) is 5.38. The largest absolute Gasteiger partial charge is 0.497 e. The number of methoxy groups -OCH3 is 1. The minimum absolute atomic E-state index is 0.548. The zero-order valence-corrected chi connectivity index (χ0v) is 11.3. The van der Waals surface area contributed by atoms with Crippen molar-refractivity contribution < 1.29 is 4.74 Å². The van der Waals surface area contributed by atoms with Crippen LogP contribution in [0.2, 0.25) is 5.15 Å². The average Bonchev–Trinajstić information content (AvgIpc) is 2.77. The van der Waals surface area contributed by atoms with E-state index in [1.807, 2.05) is 36.7 Å². The van der Waals surface area contributed by atoms with Gasteiger partial charge in [0.15, 0.2) is 5.13 Å². The maximum atomic E-state index is 5.80. The van der Waals surface area contributed by atoms with Gasteiger partial charge in [0, 0.05) is 19.0 Å². The van der Waals surface area contributed by atoms with Crippen LogP contribution in [-0.4, -0.2) is 19.1 Å². The first-order chi connectivity index (χ1) is 8.19. The maximum Gasteiger partial charge on any atom is 0.186 e. The summed E-state index contributed by atoms with van der Waals surface area (Å²) in [5, 5.41) is 3.30. The van der Waals surface area contributed by atoms with E-state index in [0.717, 1.165) is 17.4 Å². The number of hydrogen-bond acceptors (Lipinski definition) is 4. The van der Waals surface area contributed by atoms with E-state index in [-0.39, 0.29) is 0 Å². The summed E-state index contributed by atoms with van der Waals surface area (Å²) in [4.78, 5) is 6.29. The number of ether oxygens (including phenoxy) is 1. The summed E-state index contributed by atoms with van der Waals surface area (Å²) >= 11 is 7.35. The molecular formula is C12H13ClN2OS. The molecule has 90 valence electrons. The van der Waals surface area contributed by atoms with Gasteiger partial charge in [0.05, 0.1) is 7.11 Å². The van der Waals surface area contributed by atoms with Crippen molar-refractivity contribution >= 4 is 28.1 Å². The summed E-state index contributed by atoms with van der Waals surface area (Å²) in [6.45, 7) is 0.799. The standard InChI is InChI=1S/C12H13ClN2OS/c1-15(12-14-11(13)8-17-12)7-9-3-5-10(16-2)6-4-9/h3-6,8H,7H2,1-2H3. The minimum atomic E-state index is 0.548. The summed E-state index contributed by atoms with van der Waals surface area (Å²) in [5.74, 6) is 0.869. The van der Waals surface area contributed by atoms with Gasteiger partial charge >= 0.3 is 0 Å². The summed E-state index contributed by atoms with van der Waals surface area (Å²) in [6.07, 6.45) is 0. The van der Waals surface area contributed by atoms with Crippen molar-refractivity contribution in [1.29, 1.82) is 0 Å². The van der Waals surface area contributed by atoms with Gasteiger partial charge in [-0.15, -0.1) is 11.3 Å². The Morgan fingerprint density at radius 1 is 1.35 bits per heavy atom. The fourth-order valence-corrected chi connectivity index (χ4v) is 2.41. The number of thiazole rings is 1. The predicted molar refractivity (Wildman–Crippen MR) is 72.2 cm³/mol. The van der Waals surface area contributed by atoms with Crippen molar-refractivity contribution in [2.45, 2.75) is 6.54 Å². The van der Waals surface area contributed by atoms with E-state index in [0.29, 0.717) is 5.15 Å². The number of rotatable bonds is 4. The van der Waals surface area contributed by atoms with Crippen molar-refractivity contribution in [1.82, 2.24) is 4.98 Å². The van der Waals surface area contributed by atoms with Crippen LogP contribution in [-0.2, 0) is 6.54 Å². The molecule has 0 aliphatic heterocycles. The second-order valence-electron chi connectivity index (χ2n) is 3.66. The lowest BCUT2D eigenvalue weighted by molar-refractivity contribution is 0.414. The summed E-state index contributed by atoms with van der Waals surface area (Å²) in [5.41, 5.74) is 1.21. The van der Waals surface area contributed by atoms with Crippen LogP contribution in [0.5, 0.6) is 5.75 Å². The fourth-order valence-electron chi connectivity index (χ4n) is 1.49. The van der Waals surface area contributed by atoms with Crippen molar-refractivity contribution in [3.05, 3.63) is 40.4 Å². The molecule has 0 bridgehead atoms. The topological polar surface area (TPSA) is 25.4 Å². The number of anilines is 1. The highest BCUT2D eigenvalue weighted by atomic mass is 35.5. The average molecular weight is 269 g/mol. The van der Waals surface area contributed by atoms with Crippen LogP contribution in [0, 0.1) is 0 Å². The van der Waals surface area contributed by atoms with Crippen LogP contribution in [0.15, 0.2) is 29.6 Å². The number of benzene rings is 1. The second-order valence-corrected chi connectivity index (χ2v) is 4.88. The predicted octanol–water partition coefficient (Wildman–Crippen LogP) is 3.44. The summed E-state index contributed by atoms with van der Waals surface area (Å²) < 4.78 is 5.12. The highest BCUT2D eigenvalue weighted by molar-refractivity contribution is 7.14. The van der Waals surface area contributed by atoms with E-state index < -0.39 is 0 Å². The van der Waals surface area contributed by atoms with Gasteiger partial charge < -0.3 is 9.64 Å². The van der Waals surface area contributed by atoms with Crippen LogP contribution in [0.3, 0.4) is 0 Å². The molecule has 0 radical (unpaired) electrons. The molecule has 0 N–H and O–H groups in total. The lowest BCUT2D eigenvalue weighted by atomic mass is 10.2. The van der Waals surface area contributed by atoms with Gasteiger partial charge in [0.1, 0.15) is 10.9 Å². The molecule has 0 saturated carbocycles. The minimum Gasteiger partial charge on any atom is -0.497 e. The zero-order valence-electron chi connectivity index (χ0n) is 9.68. The molecule has 1 heterocycles. The van der Waals surface area contributed by atoms with Crippen LogP contribution in [0.1, 0.15) is 5.56 Å². The van der Waals surface area contributed by atoms with Gasteiger partial charge in [-0.05, 0) is 17.7 Å². The third kappa shape index (κ3) is 3.11. The molecule has 1 aromatic heterocycles. The lowest BCUT2D eigenvalue weighted by Crippen LogP contribution is -2.15. The van der Waals surface area contributed by atoms with Gasteiger partial charge in [-0.2, -0.15) is 0 Å². The normalized spacial score (nSPS) is 10.3. The first kappa shape index (κ1) is 12.2. The van der Waals surface area contributed by atoms with E-state index in [1.165, 1.54) is 5.56 Å². The molecule has 1 aromatic carbocycles. The molecule has 0 fully saturated rings. The molecule has 5 heteroatoms. The van der Waals surface area contributed by atoms with Crippen molar-refractivity contribution in [3.63, 3.8) is 0 Å². The zero-order chi connectivity index (χ0) is 12.3. The molecule has 2 aromatic rings. The summed E-state index contributed by atoms with van der Waals surface area (Å²) in [7, 11) is 3.66. The third-order valence-corrected chi connectivity index (χ3v) is 3.65. The van der Waals surface area contributed by atoms with Crippen molar-refractivity contribution in [3.8, 4) is 5.75 Å². The molecule has 17 heavy (non-hydrogen) atoms. The molecule has 2 rings (SSSR count). The SMILES string of the molecule is COc1ccc(CN(C)c2nc(Cl)cs2)cc1. The van der Waals surface area contributed by atoms with E-state index in [1.54, 1.807) is 18.4 Å². The van der Waals surface area contributed by atoms with Gasteiger partial charge in [0.25, 0.3) is 0 Å². The van der Waals surface area contributed by atoms with E-state index in [2.05, 4.69) is 9.88 Å². The van der Waals surface area contributed by atoms with Crippen LogP contribution in [0.25, 0.3) is 0 Å². The number of aromatic nitrogens is 1. The molecule has 0 spiro atoms. The molecule has 0 unspecified atom stereocenters. The molecule has 3 nitrogen and oxygen atoms in total. The van der Waals surface area contributed by atoms with Gasteiger partial charge in [-0.25, -0.2) is 4.98 Å². The Kier molecular flexibility index (Phi) is 3.86. The molecule has 0 amide bonds. The monoisotopic (exact) mass is 268 g/mol. The number of nitrogens with zero attached hydrogens (tertiary/aromatic N) is 2.